The summed E-state index contributed by atoms with van der Waals surface area (Å²) in [5.41, 5.74) is 2.30. The number of carbonyl (C=O) groups excluding carboxylic acids is 1. The Hall–Kier alpha value is -2.31. The van der Waals surface area contributed by atoms with E-state index in [-0.39, 0.29) is 0 Å². The monoisotopic (exact) mass is 248 g/mol. The molecule has 0 spiro atoms. The van der Waals surface area contributed by atoms with Gasteiger partial charge in [0.2, 0.25) is 0 Å². The molecule has 0 saturated carbocycles. The second kappa shape index (κ2) is 5.85. The second-order valence-corrected chi connectivity index (χ2v) is 3.65. The van der Waals surface area contributed by atoms with Gasteiger partial charge in [0.05, 0.1) is 12.0 Å². The van der Waals surface area contributed by atoms with Crippen LogP contribution in [0.15, 0.2) is 16.3 Å². The zero-order valence-corrected chi connectivity index (χ0v) is 10.9. The molecule has 0 atom stereocenters. The minimum absolute atomic E-state index is 0.371. The molecule has 1 heterocycles. The summed E-state index contributed by atoms with van der Waals surface area (Å²) in [5, 5.41) is 9.40. The quantitative estimate of drug-likeness (QED) is 0.614. The summed E-state index contributed by atoms with van der Waals surface area (Å²) in [6.45, 7) is 3.56. The maximum atomic E-state index is 11.4. The first-order valence-electron chi connectivity index (χ1n) is 5.33. The van der Waals surface area contributed by atoms with Crippen molar-refractivity contribution in [2.75, 3.05) is 7.05 Å². The van der Waals surface area contributed by atoms with Crippen LogP contribution in [0.5, 0.6) is 0 Å². The van der Waals surface area contributed by atoms with Gasteiger partial charge < -0.3 is 9.88 Å². The van der Waals surface area contributed by atoms with Crippen molar-refractivity contribution in [2.45, 2.75) is 13.8 Å². The molecule has 0 bridgehead atoms. The Kier molecular flexibility index (Phi) is 4.47. The summed E-state index contributed by atoms with van der Waals surface area (Å²) in [4.78, 5) is 23.3. The zero-order chi connectivity index (χ0) is 13.7. The van der Waals surface area contributed by atoms with Crippen LogP contribution >= 0.6 is 0 Å². The van der Waals surface area contributed by atoms with E-state index in [2.05, 4.69) is 20.3 Å². The minimum Gasteiger partial charge on any atom is -0.339 e. The molecule has 18 heavy (non-hydrogen) atoms. The summed E-state index contributed by atoms with van der Waals surface area (Å²) < 4.78 is 1.83. The van der Waals surface area contributed by atoms with Gasteiger partial charge in [0.25, 0.3) is 0 Å². The van der Waals surface area contributed by atoms with E-state index in [1.54, 1.807) is 13.3 Å². The molecule has 2 amide bonds. The summed E-state index contributed by atoms with van der Waals surface area (Å²) in [7, 11) is 3.35. The molecule has 1 rings (SSSR count). The molecule has 7 nitrogen and oxygen atoms in total. The Morgan fingerprint density at radius 2 is 2.28 bits per heavy atom. The zero-order valence-electron chi connectivity index (χ0n) is 10.9. The van der Waals surface area contributed by atoms with E-state index >= 15 is 0 Å². The molecule has 1 aromatic rings. The highest BCUT2D eigenvalue weighted by Crippen LogP contribution is 2.08. The van der Waals surface area contributed by atoms with Crippen LogP contribution < -0.4 is 5.32 Å². The summed E-state index contributed by atoms with van der Waals surface area (Å²) in [5.74, 6) is 0. The third kappa shape index (κ3) is 2.88. The van der Waals surface area contributed by atoms with Crippen LogP contribution in [0.4, 0.5) is 4.79 Å². The van der Waals surface area contributed by atoms with Crippen LogP contribution in [0.25, 0.3) is 0 Å². The first-order valence-corrected chi connectivity index (χ1v) is 5.33. The Labute approximate surface area is 105 Å². The smallest absolute Gasteiger partial charge is 0.339 e. The minimum atomic E-state index is -0.477. The predicted octanol–water partition coefficient (Wildman–Crippen LogP) is 0.925. The van der Waals surface area contributed by atoms with Gasteiger partial charge in [-0.1, -0.05) is 0 Å². The molecule has 7 heteroatoms. The number of aliphatic imine (C=N–C) groups is 2. The van der Waals surface area contributed by atoms with Crippen LogP contribution in [0.2, 0.25) is 0 Å². The summed E-state index contributed by atoms with van der Waals surface area (Å²) >= 11 is 0. The van der Waals surface area contributed by atoms with E-state index in [0.717, 1.165) is 12.0 Å². The highest BCUT2D eigenvalue weighted by molar-refractivity contribution is 6.49. The number of rotatable bonds is 3. The maximum absolute atomic E-state index is 11.4. The van der Waals surface area contributed by atoms with E-state index in [1.807, 2.05) is 18.5 Å². The average molecular weight is 248 g/mol. The number of amides is 2. The van der Waals surface area contributed by atoms with E-state index in [9.17, 15) is 4.79 Å². The van der Waals surface area contributed by atoms with Crippen LogP contribution in [0, 0.1) is 12.3 Å². The van der Waals surface area contributed by atoms with Gasteiger partial charge in [-0.3, -0.25) is 5.41 Å². The lowest BCUT2D eigenvalue weighted by atomic mass is 10.1. The van der Waals surface area contributed by atoms with Gasteiger partial charge in [0, 0.05) is 19.8 Å². The van der Waals surface area contributed by atoms with Crippen molar-refractivity contribution in [1.29, 1.82) is 5.41 Å². The van der Waals surface area contributed by atoms with Crippen molar-refractivity contribution in [3.05, 3.63) is 17.7 Å². The lowest BCUT2D eigenvalue weighted by Crippen LogP contribution is -2.21. The normalized spacial score (nSPS) is 12.4. The Morgan fingerprint density at radius 1 is 1.61 bits per heavy atom. The SMILES string of the molecule is CNC(=O)N=C(C(C)=NC=N)c1ncn(C)c1C. The van der Waals surface area contributed by atoms with Crippen LogP contribution in [0.1, 0.15) is 18.3 Å². The molecular formula is C11H16N6O. The van der Waals surface area contributed by atoms with Crippen LogP contribution in [0.3, 0.4) is 0 Å². The van der Waals surface area contributed by atoms with Gasteiger partial charge >= 0.3 is 6.03 Å². The number of hydrogen-bond donors (Lipinski definition) is 2. The number of carbonyl (C=O) groups is 1. The number of nitrogens with zero attached hydrogens (tertiary/aromatic N) is 4. The number of aromatic nitrogens is 2. The van der Waals surface area contributed by atoms with Crippen molar-refractivity contribution < 1.29 is 4.79 Å². The maximum Gasteiger partial charge on any atom is 0.341 e. The fourth-order valence-corrected chi connectivity index (χ4v) is 1.34. The Balaban J connectivity index is 3.34. The lowest BCUT2D eigenvalue weighted by molar-refractivity contribution is 0.251. The third-order valence-corrected chi connectivity index (χ3v) is 2.48. The van der Waals surface area contributed by atoms with Crippen LogP contribution in [-0.4, -0.2) is 40.4 Å². The number of imidazole rings is 1. The van der Waals surface area contributed by atoms with E-state index < -0.39 is 6.03 Å². The van der Waals surface area contributed by atoms with E-state index in [4.69, 9.17) is 5.41 Å². The molecule has 2 N–H and O–H groups in total. The first kappa shape index (κ1) is 13.8. The third-order valence-electron chi connectivity index (χ3n) is 2.48. The molecule has 0 radical (unpaired) electrons. The second-order valence-electron chi connectivity index (χ2n) is 3.65. The highest BCUT2D eigenvalue weighted by atomic mass is 16.2. The summed E-state index contributed by atoms with van der Waals surface area (Å²) in [6, 6.07) is -0.477. The molecule has 0 aromatic carbocycles. The van der Waals surface area contributed by atoms with Crippen molar-refractivity contribution in [2.24, 2.45) is 17.0 Å². The fourth-order valence-electron chi connectivity index (χ4n) is 1.34. The van der Waals surface area contributed by atoms with Gasteiger partial charge in [-0.25, -0.2) is 14.8 Å². The van der Waals surface area contributed by atoms with Gasteiger partial charge in [-0.05, 0) is 13.8 Å². The molecule has 1 aromatic heterocycles. The predicted molar refractivity (Wildman–Crippen MR) is 70.8 cm³/mol. The van der Waals surface area contributed by atoms with Crippen molar-refractivity contribution in [1.82, 2.24) is 14.9 Å². The van der Waals surface area contributed by atoms with Gasteiger partial charge in [0.15, 0.2) is 0 Å². The van der Waals surface area contributed by atoms with E-state index in [0.29, 0.717) is 17.1 Å². The van der Waals surface area contributed by atoms with Gasteiger partial charge in [-0.2, -0.15) is 4.99 Å². The molecule has 96 valence electrons. The topological polar surface area (TPSA) is 95.5 Å². The molecule has 0 saturated heterocycles. The number of nitrogens with one attached hydrogen (secondary N) is 2. The van der Waals surface area contributed by atoms with Crippen LogP contribution in [-0.2, 0) is 7.05 Å². The average Bonchev–Trinajstić information content (AvgIpc) is 2.67. The molecular weight excluding hydrogens is 232 g/mol. The summed E-state index contributed by atoms with van der Waals surface area (Å²) in [6.07, 6.45) is 2.55. The fraction of sp³-hybridized carbons (Fsp3) is 0.364. The molecule has 0 aliphatic rings. The number of hydrogen-bond acceptors (Lipinski definition) is 3. The standard InChI is InChI=1S/C11H16N6O/c1-7(14-5-12)9(16-11(18)13-3)10-8(2)17(4)6-15-10/h5-6,12H,1-4H3,(H,13,18). The lowest BCUT2D eigenvalue weighted by Gasteiger charge is -2.04. The molecule has 0 fully saturated rings. The van der Waals surface area contributed by atoms with Crippen molar-refractivity contribution in [3.8, 4) is 0 Å². The highest BCUT2D eigenvalue weighted by Gasteiger charge is 2.15. The Bertz CT molecular complexity index is 526. The largest absolute Gasteiger partial charge is 0.341 e. The van der Waals surface area contributed by atoms with Gasteiger partial charge in [-0.15, -0.1) is 0 Å². The molecule has 0 aliphatic carbocycles. The van der Waals surface area contributed by atoms with Crippen molar-refractivity contribution in [3.63, 3.8) is 0 Å². The molecule has 0 unspecified atom stereocenters. The van der Waals surface area contributed by atoms with E-state index in [1.165, 1.54) is 7.05 Å². The first-order chi connectivity index (χ1) is 8.51. The molecule has 0 aliphatic heterocycles. The number of urea groups is 1. The van der Waals surface area contributed by atoms with Crippen molar-refractivity contribution >= 4 is 23.8 Å². The van der Waals surface area contributed by atoms with Gasteiger partial charge in [0.1, 0.15) is 17.7 Å². The number of aryl methyl sites for hydroxylation is 1. The Morgan fingerprint density at radius 3 is 2.72 bits per heavy atom.